The molecule has 0 radical (unpaired) electrons. The molecular formula is C20H26N2O4S. The smallest absolute Gasteiger partial charge is 0.262 e. The number of ether oxygens (including phenoxy) is 1. The quantitative estimate of drug-likeness (QED) is 0.725. The number of aryl methyl sites for hydroxylation is 2. The van der Waals surface area contributed by atoms with Gasteiger partial charge in [0.25, 0.3) is 5.91 Å². The maximum absolute atomic E-state index is 12.2. The highest BCUT2D eigenvalue weighted by Crippen LogP contribution is 2.22. The lowest BCUT2D eigenvalue weighted by Crippen LogP contribution is -2.30. The normalized spacial score (nSPS) is 11.4. The van der Waals surface area contributed by atoms with E-state index in [9.17, 15) is 13.2 Å². The molecule has 0 aromatic heterocycles. The van der Waals surface area contributed by atoms with Gasteiger partial charge in [0.15, 0.2) is 6.61 Å². The van der Waals surface area contributed by atoms with E-state index in [0.29, 0.717) is 17.0 Å². The average molecular weight is 391 g/mol. The molecular weight excluding hydrogens is 364 g/mol. The van der Waals surface area contributed by atoms with Crippen LogP contribution in [0.4, 0.5) is 5.69 Å². The molecule has 0 fully saturated rings. The van der Waals surface area contributed by atoms with Gasteiger partial charge in [0.1, 0.15) is 5.75 Å². The van der Waals surface area contributed by atoms with Crippen LogP contribution in [0, 0.1) is 6.92 Å². The minimum Gasteiger partial charge on any atom is -0.483 e. The largest absolute Gasteiger partial charge is 0.483 e. The number of rotatable bonds is 8. The van der Waals surface area contributed by atoms with Gasteiger partial charge in [0, 0.05) is 11.7 Å². The van der Waals surface area contributed by atoms with E-state index in [2.05, 4.69) is 17.0 Å². The second-order valence-electron chi connectivity index (χ2n) is 6.59. The third-order valence-electron chi connectivity index (χ3n) is 3.85. The predicted octanol–water partition coefficient (Wildman–Crippen LogP) is 3.26. The van der Waals surface area contributed by atoms with Gasteiger partial charge >= 0.3 is 0 Å². The Labute approximate surface area is 161 Å². The van der Waals surface area contributed by atoms with Crippen molar-refractivity contribution in [1.82, 2.24) is 4.72 Å². The lowest BCUT2D eigenvalue weighted by molar-refractivity contribution is -0.118. The second kappa shape index (κ2) is 9.01. The molecule has 7 heteroatoms. The monoisotopic (exact) mass is 390 g/mol. The number of benzene rings is 2. The molecule has 146 valence electrons. The van der Waals surface area contributed by atoms with Gasteiger partial charge in [-0.15, -0.1) is 0 Å². The summed E-state index contributed by atoms with van der Waals surface area (Å²) in [6.45, 7) is 7.17. The molecule has 0 saturated carbocycles. The SMILES string of the molecule is CCc1ccc(NC(=O)COc2ccc(S(=O)(=O)NC(C)C)cc2C)cc1. The zero-order valence-corrected chi connectivity index (χ0v) is 16.9. The summed E-state index contributed by atoms with van der Waals surface area (Å²) < 4.78 is 32.5. The summed E-state index contributed by atoms with van der Waals surface area (Å²) in [4.78, 5) is 12.2. The Morgan fingerprint density at radius 1 is 1.11 bits per heavy atom. The van der Waals surface area contributed by atoms with Crippen molar-refractivity contribution in [1.29, 1.82) is 0 Å². The maximum Gasteiger partial charge on any atom is 0.262 e. The zero-order chi connectivity index (χ0) is 20.0. The van der Waals surface area contributed by atoms with Crippen LogP contribution in [0.25, 0.3) is 0 Å². The lowest BCUT2D eigenvalue weighted by Gasteiger charge is -2.13. The van der Waals surface area contributed by atoms with Gasteiger partial charge in [-0.25, -0.2) is 13.1 Å². The van der Waals surface area contributed by atoms with Crippen molar-refractivity contribution < 1.29 is 17.9 Å². The Hall–Kier alpha value is -2.38. The van der Waals surface area contributed by atoms with Crippen LogP contribution in [0.15, 0.2) is 47.4 Å². The molecule has 0 heterocycles. The highest BCUT2D eigenvalue weighted by molar-refractivity contribution is 7.89. The summed E-state index contributed by atoms with van der Waals surface area (Å²) in [5.41, 5.74) is 2.54. The number of amides is 1. The van der Waals surface area contributed by atoms with Crippen LogP contribution in [0.5, 0.6) is 5.75 Å². The van der Waals surface area contributed by atoms with Gasteiger partial charge in [-0.05, 0) is 68.7 Å². The van der Waals surface area contributed by atoms with E-state index in [1.54, 1.807) is 26.8 Å². The van der Waals surface area contributed by atoms with Crippen LogP contribution >= 0.6 is 0 Å². The van der Waals surface area contributed by atoms with Crippen molar-refractivity contribution in [2.24, 2.45) is 0 Å². The molecule has 27 heavy (non-hydrogen) atoms. The third kappa shape index (κ3) is 6.08. The molecule has 0 saturated heterocycles. The van der Waals surface area contributed by atoms with Gasteiger partial charge in [-0.1, -0.05) is 19.1 Å². The first-order chi connectivity index (χ1) is 12.7. The van der Waals surface area contributed by atoms with E-state index in [-0.39, 0.29) is 23.5 Å². The van der Waals surface area contributed by atoms with Gasteiger partial charge < -0.3 is 10.1 Å². The van der Waals surface area contributed by atoms with Crippen molar-refractivity contribution in [2.75, 3.05) is 11.9 Å². The molecule has 2 N–H and O–H groups in total. The first-order valence-corrected chi connectivity index (χ1v) is 10.3. The van der Waals surface area contributed by atoms with Crippen molar-refractivity contribution in [3.8, 4) is 5.75 Å². The molecule has 0 aliphatic carbocycles. The highest BCUT2D eigenvalue weighted by atomic mass is 32.2. The topological polar surface area (TPSA) is 84.5 Å². The molecule has 0 aliphatic heterocycles. The summed E-state index contributed by atoms with van der Waals surface area (Å²) in [6, 6.07) is 12.0. The fraction of sp³-hybridized carbons (Fsp3) is 0.350. The summed E-state index contributed by atoms with van der Waals surface area (Å²) >= 11 is 0. The molecule has 1 amide bonds. The van der Waals surface area contributed by atoms with Gasteiger partial charge in [0.2, 0.25) is 10.0 Å². The molecule has 2 aromatic carbocycles. The van der Waals surface area contributed by atoms with Crippen molar-refractivity contribution >= 4 is 21.6 Å². The van der Waals surface area contributed by atoms with Crippen molar-refractivity contribution in [2.45, 2.75) is 45.1 Å². The molecule has 0 spiro atoms. The predicted molar refractivity (Wildman–Crippen MR) is 107 cm³/mol. The van der Waals surface area contributed by atoms with Crippen LogP contribution in [-0.2, 0) is 21.2 Å². The minimum absolute atomic E-state index is 0.160. The van der Waals surface area contributed by atoms with Crippen molar-refractivity contribution in [3.63, 3.8) is 0 Å². The van der Waals surface area contributed by atoms with E-state index in [4.69, 9.17) is 4.74 Å². The summed E-state index contributed by atoms with van der Waals surface area (Å²) in [7, 11) is -3.56. The number of nitrogens with one attached hydrogen (secondary N) is 2. The maximum atomic E-state index is 12.2. The first-order valence-electron chi connectivity index (χ1n) is 8.86. The van der Waals surface area contributed by atoms with Crippen LogP contribution in [-0.4, -0.2) is 27.0 Å². The molecule has 2 aromatic rings. The Bertz CT molecular complexity index is 891. The molecule has 0 unspecified atom stereocenters. The van der Waals surface area contributed by atoms with Crippen LogP contribution in [0.2, 0.25) is 0 Å². The molecule has 0 bridgehead atoms. The van der Waals surface area contributed by atoms with Gasteiger partial charge in [-0.2, -0.15) is 0 Å². The molecule has 2 rings (SSSR count). The molecule has 0 aliphatic rings. The van der Waals surface area contributed by atoms with Crippen molar-refractivity contribution in [3.05, 3.63) is 53.6 Å². The van der Waals surface area contributed by atoms with E-state index in [1.807, 2.05) is 24.3 Å². The summed E-state index contributed by atoms with van der Waals surface area (Å²) in [5, 5.41) is 2.77. The average Bonchev–Trinajstić information content (AvgIpc) is 2.60. The minimum atomic E-state index is -3.56. The Kier molecular flexibility index (Phi) is 6.98. The fourth-order valence-electron chi connectivity index (χ4n) is 2.49. The Balaban J connectivity index is 1.98. The van der Waals surface area contributed by atoms with Crippen LogP contribution in [0.1, 0.15) is 31.9 Å². The second-order valence-corrected chi connectivity index (χ2v) is 8.30. The fourth-order valence-corrected chi connectivity index (χ4v) is 3.83. The molecule has 6 nitrogen and oxygen atoms in total. The first kappa shape index (κ1) is 20.9. The van der Waals surface area contributed by atoms with E-state index >= 15 is 0 Å². The number of sulfonamides is 1. The number of carbonyl (C=O) groups is 1. The number of anilines is 1. The zero-order valence-electron chi connectivity index (χ0n) is 16.1. The lowest BCUT2D eigenvalue weighted by atomic mass is 10.1. The van der Waals surface area contributed by atoms with E-state index < -0.39 is 10.0 Å². The third-order valence-corrected chi connectivity index (χ3v) is 5.51. The van der Waals surface area contributed by atoms with E-state index in [0.717, 1.165) is 6.42 Å². The van der Waals surface area contributed by atoms with Crippen LogP contribution in [0.3, 0.4) is 0 Å². The number of carbonyl (C=O) groups excluding carboxylic acids is 1. The van der Waals surface area contributed by atoms with Gasteiger partial charge in [-0.3, -0.25) is 4.79 Å². The Morgan fingerprint density at radius 3 is 2.33 bits per heavy atom. The van der Waals surface area contributed by atoms with Crippen LogP contribution < -0.4 is 14.8 Å². The summed E-state index contributed by atoms with van der Waals surface area (Å²) in [5.74, 6) is 0.187. The number of hydrogen-bond donors (Lipinski definition) is 2. The highest BCUT2D eigenvalue weighted by Gasteiger charge is 2.16. The standard InChI is InChI=1S/C20H26N2O4S/c1-5-16-6-8-17(9-7-16)21-20(23)13-26-19-11-10-18(12-15(19)4)27(24,25)22-14(2)3/h6-12,14,22H,5,13H2,1-4H3,(H,21,23). The number of hydrogen-bond acceptors (Lipinski definition) is 4. The van der Waals surface area contributed by atoms with Gasteiger partial charge in [0.05, 0.1) is 4.90 Å². The Morgan fingerprint density at radius 2 is 1.78 bits per heavy atom. The molecule has 0 atom stereocenters. The van der Waals surface area contributed by atoms with E-state index in [1.165, 1.54) is 17.7 Å². The summed E-state index contributed by atoms with van der Waals surface area (Å²) in [6.07, 6.45) is 0.940.